The van der Waals surface area contributed by atoms with Crippen molar-refractivity contribution in [3.63, 3.8) is 0 Å². The van der Waals surface area contributed by atoms with Gasteiger partial charge in [0.05, 0.1) is 19.8 Å². The van der Waals surface area contributed by atoms with E-state index in [-0.39, 0.29) is 0 Å². The van der Waals surface area contributed by atoms with Gasteiger partial charge < -0.3 is 30.6 Å². The fourth-order valence-corrected chi connectivity index (χ4v) is 0.612. The number of aliphatic hydroxyl groups excluding tert-OH is 5. The van der Waals surface area contributed by atoms with Crippen LogP contribution in [0.5, 0.6) is 0 Å². The summed E-state index contributed by atoms with van der Waals surface area (Å²) < 4.78 is 0. The summed E-state index contributed by atoms with van der Waals surface area (Å²) in [6.07, 6.45) is 0. The molecule has 6 heteroatoms. The minimum absolute atomic E-state index is 0.795. The molecule has 0 bridgehead atoms. The Balaban J connectivity index is 4.84. The van der Waals surface area contributed by atoms with Crippen molar-refractivity contribution in [2.45, 2.75) is 0 Å². The van der Waals surface area contributed by atoms with Crippen LogP contribution in [0.1, 0.15) is 0 Å². The lowest BCUT2D eigenvalue weighted by atomic mass is 9.89. The van der Waals surface area contributed by atoms with Crippen LogP contribution in [0, 0.1) is 5.41 Å². The third kappa shape index (κ3) is 1.79. The van der Waals surface area contributed by atoms with Crippen LogP contribution in [0.3, 0.4) is 0 Å². The third-order valence-electron chi connectivity index (χ3n) is 1.62. The highest BCUT2D eigenvalue weighted by Crippen LogP contribution is 2.24. The second kappa shape index (κ2) is 4.15. The predicted octanol–water partition coefficient (Wildman–Crippen LogP) is -1.21. The van der Waals surface area contributed by atoms with Crippen LogP contribution in [-0.4, -0.2) is 50.5 Å². The van der Waals surface area contributed by atoms with Gasteiger partial charge in [0.25, 0.3) is 0 Å². The molecule has 0 saturated carbocycles. The van der Waals surface area contributed by atoms with Crippen molar-refractivity contribution in [3.8, 4) is 0 Å². The summed E-state index contributed by atoms with van der Waals surface area (Å²) in [4.78, 5) is 0. The van der Waals surface area contributed by atoms with Crippen molar-refractivity contribution in [2.75, 3.05) is 19.8 Å². The highest BCUT2D eigenvalue weighted by Gasteiger charge is 2.36. The molecule has 0 heterocycles. The molecule has 0 aromatic rings. The van der Waals surface area contributed by atoms with Crippen molar-refractivity contribution >= 4 is 0 Å². The lowest BCUT2D eigenvalue weighted by Gasteiger charge is -2.25. The van der Waals surface area contributed by atoms with E-state index < -0.39 is 36.9 Å². The average molecular weight is 180 g/mol. The minimum atomic E-state index is -1.79. The van der Waals surface area contributed by atoms with Gasteiger partial charge in [-0.05, 0) is 0 Å². The zero-order valence-electron chi connectivity index (χ0n) is 6.30. The molecule has 0 fully saturated rings. The second-order valence-corrected chi connectivity index (χ2v) is 2.43. The lowest BCUT2D eigenvalue weighted by Crippen LogP contribution is -2.36. The summed E-state index contributed by atoms with van der Waals surface area (Å²) in [6, 6.07) is 0. The van der Waals surface area contributed by atoms with Gasteiger partial charge in [0, 0.05) is 0 Å². The maximum Gasteiger partial charge on any atom is 0.314 e. The lowest BCUT2D eigenvalue weighted by molar-refractivity contribution is -0.0105. The molecular weight excluding hydrogens is 168 g/mol. The molecule has 0 atom stereocenters. The first-order chi connectivity index (χ1) is 5.54. The molecule has 0 radical (unpaired) electrons. The Labute approximate surface area is 68.6 Å². The Morgan fingerprint density at radius 1 is 0.833 bits per heavy atom. The van der Waals surface area contributed by atoms with Gasteiger partial charge in [-0.25, -0.2) is 0 Å². The summed E-state index contributed by atoms with van der Waals surface area (Å²) >= 11 is 0. The zero-order valence-corrected chi connectivity index (χ0v) is 6.30. The molecule has 0 spiro atoms. The molecule has 0 aliphatic heterocycles. The number of hydrogen-bond donors (Lipinski definition) is 6. The van der Waals surface area contributed by atoms with E-state index in [1.165, 1.54) is 0 Å². The molecule has 0 amide bonds. The fraction of sp³-hybridized carbons (Fsp3) is 0.667. The largest absolute Gasteiger partial charge is 0.505 e. The van der Waals surface area contributed by atoms with Crippen molar-refractivity contribution < 1.29 is 30.6 Å². The molecule has 0 aromatic heterocycles. The average Bonchev–Trinajstić information content (AvgIpc) is 2.08. The van der Waals surface area contributed by atoms with Crippen molar-refractivity contribution in [3.05, 3.63) is 11.7 Å². The third-order valence-corrected chi connectivity index (χ3v) is 1.62. The molecule has 72 valence electrons. The summed E-state index contributed by atoms with van der Waals surface area (Å²) in [7, 11) is 0. The van der Waals surface area contributed by atoms with E-state index in [9.17, 15) is 0 Å². The number of aliphatic hydroxyl groups is 6. The maximum atomic E-state index is 8.94. The maximum absolute atomic E-state index is 8.94. The normalized spacial score (nSPS) is 11.2. The highest BCUT2D eigenvalue weighted by molar-refractivity contribution is 5.07. The first-order valence-electron chi connectivity index (χ1n) is 3.18. The van der Waals surface area contributed by atoms with E-state index >= 15 is 0 Å². The Morgan fingerprint density at radius 2 is 1.17 bits per heavy atom. The van der Waals surface area contributed by atoms with Crippen LogP contribution < -0.4 is 0 Å². The summed E-state index contributed by atoms with van der Waals surface area (Å²) in [6.45, 7) is -2.39. The van der Waals surface area contributed by atoms with Crippen LogP contribution >= 0.6 is 0 Å². The molecule has 0 unspecified atom stereocenters. The van der Waals surface area contributed by atoms with Gasteiger partial charge in [0.15, 0.2) is 5.76 Å². The topological polar surface area (TPSA) is 121 Å². The fourth-order valence-electron chi connectivity index (χ4n) is 0.612. The van der Waals surface area contributed by atoms with Crippen LogP contribution in [0.2, 0.25) is 0 Å². The quantitative estimate of drug-likeness (QED) is 0.302. The molecule has 0 aliphatic carbocycles. The van der Waals surface area contributed by atoms with Gasteiger partial charge in [-0.3, -0.25) is 0 Å². The summed E-state index contributed by atoms with van der Waals surface area (Å²) in [5.74, 6) is -2.46. The first-order valence-corrected chi connectivity index (χ1v) is 3.18. The molecular formula is C6H12O6. The summed E-state index contributed by atoms with van der Waals surface area (Å²) in [5.41, 5.74) is -1.79. The smallest absolute Gasteiger partial charge is 0.314 e. The Hall–Kier alpha value is -0.980. The van der Waals surface area contributed by atoms with Gasteiger partial charge in [-0.2, -0.15) is 0 Å². The molecule has 0 saturated heterocycles. The Kier molecular flexibility index (Phi) is 3.81. The molecule has 0 rings (SSSR count). The van der Waals surface area contributed by atoms with Gasteiger partial charge >= 0.3 is 5.95 Å². The molecule has 6 nitrogen and oxygen atoms in total. The molecule has 6 N–H and O–H groups in total. The van der Waals surface area contributed by atoms with Crippen molar-refractivity contribution in [1.29, 1.82) is 0 Å². The van der Waals surface area contributed by atoms with Crippen LogP contribution in [0.25, 0.3) is 0 Å². The van der Waals surface area contributed by atoms with Gasteiger partial charge in [-0.15, -0.1) is 0 Å². The van der Waals surface area contributed by atoms with Crippen molar-refractivity contribution in [2.24, 2.45) is 5.41 Å². The van der Waals surface area contributed by atoms with Crippen LogP contribution in [0.15, 0.2) is 11.7 Å². The molecule has 0 aromatic carbocycles. The molecule has 0 aliphatic rings. The van der Waals surface area contributed by atoms with Gasteiger partial charge in [0.1, 0.15) is 5.41 Å². The van der Waals surface area contributed by atoms with E-state index in [1.54, 1.807) is 0 Å². The summed E-state index contributed by atoms with van der Waals surface area (Å²) in [5, 5.41) is 51.7. The zero-order chi connectivity index (χ0) is 9.78. The standard InChI is InChI=1S/C6H12O6/c7-1-6(2-8,3-9)4(10)5(11)12/h7-12H,1-3H2. The van der Waals surface area contributed by atoms with Gasteiger partial charge in [-0.1, -0.05) is 0 Å². The van der Waals surface area contributed by atoms with Gasteiger partial charge in [0.2, 0.25) is 0 Å². The van der Waals surface area contributed by atoms with E-state index in [0.717, 1.165) is 0 Å². The van der Waals surface area contributed by atoms with E-state index in [2.05, 4.69) is 0 Å². The minimum Gasteiger partial charge on any atom is -0.505 e. The van der Waals surface area contributed by atoms with E-state index in [4.69, 9.17) is 30.6 Å². The highest BCUT2D eigenvalue weighted by atomic mass is 16.5. The number of hydrogen-bond acceptors (Lipinski definition) is 6. The Bertz CT molecular complexity index is 159. The molecule has 12 heavy (non-hydrogen) atoms. The number of rotatable bonds is 4. The Morgan fingerprint density at radius 3 is 1.25 bits per heavy atom. The van der Waals surface area contributed by atoms with E-state index in [1.807, 2.05) is 0 Å². The second-order valence-electron chi connectivity index (χ2n) is 2.43. The van der Waals surface area contributed by atoms with Crippen LogP contribution in [0.4, 0.5) is 0 Å². The predicted molar refractivity (Wildman–Crippen MR) is 38.6 cm³/mol. The first kappa shape index (κ1) is 11.0. The monoisotopic (exact) mass is 180 g/mol. The van der Waals surface area contributed by atoms with Crippen LogP contribution in [-0.2, 0) is 0 Å². The van der Waals surface area contributed by atoms with Crippen molar-refractivity contribution in [1.82, 2.24) is 0 Å². The SMILES string of the molecule is OCC(CO)(CO)C(O)=C(O)O. The van der Waals surface area contributed by atoms with E-state index in [0.29, 0.717) is 0 Å².